The molecule has 1 amide bonds. The van der Waals surface area contributed by atoms with Gasteiger partial charge in [0.05, 0.1) is 11.6 Å². The third-order valence-corrected chi connectivity index (χ3v) is 2.02. The Morgan fingerprint density at radius 1 is 1.60 bits per heavy atom. The van der Waals surface area contributed by atoms with Crippen molar-refractivity contribution in [1.82, 2.24) is 0 Å². The molecule has 0 aromatic heterocycles. The minimum atomic E-state index is -0.697. The van der Waals surface area contributed by atoms with Crippen LogP contribution in [0.25, 0.3) is 0 Å². The SMILES string of the molecule is Cc1ccc(C#N)cc1OC(C)C(N)=O. The minimum absolute atomic E-state index is 0.493. The maximum Gasteiger partial charge on any atom is 0.258 e. The molecular formula is C11H12N2O2. The zero-order valence-corrected chi connectivity index (χ0v) is 8.65. The lowest BCUT2D eigenvalue weighted by atomic mass is 10.1. The highest BCUT2D eigenvalue weighted by Crippen LogP contribution is 2.20. The Hall–Kier alpha value is -2.02. The van der Waals surface area contributed by atoms with E-state index < -0.39 is 12.0 Å². The second-order valence-corrected chi connectivity index (χ2v) is 3.25. The summed E-state index contributed by atoms with van der Waals surface area (Å²) in [7, 11) is 0. The monoisotopic (exact) mass is 204 g/mol. The van der Waals surface area contributed by atoms with E-state index in [-0.39, 0.29) is 0 Å². The summed E-state index contributed by atoms with van der Waals surface area (Å²) in [5.74, 6) is -0.0166. The van der Waals surface area contributed by atoms with Crippen LogP contribution in [0.4, 0.5) is 0 Å². The van der Waals surface area contributed by atoms with Gasteiger partial charge in [0.25, 0.3) is 5.91 Å². The van der Waals surface area contributed by atoms with Crippen molar-refractivity contribution >= 4 is 5.91 Å². The average Bonchev–Trinajstić information content (AvgIpc) is 2.21. The number of carbonyl (C=O) groups excluding carboxylic acids is 1. The van der Waals surface area contributed by atoms with E-state index >= 15 is 0 Å². The fraction of sp³-hybridized carbons (Fsp3) is 0.273. The van der Waals surface area contributed by atoms with Gasteiger partial charge in [0, 0.05) is 0 Å². The Bertz CT molecular complexity index is 421. The van der Waals surface area contributed by atoms with Crippen LogP contribution in [-0.2, 0) is 4.79 Å². The Morgan fingerprint density at radius 3 is 2.80 bits per heavy atom. The third-order valence-electron chi connectivity index (χ3n) is 2.02. The van der Waals surface area contributed by atoms with Gasteiger partial charge < -0.3 is 10.5 Å². The van der Waals surface area contributed by atoms with E-state index in [2.05, 4.69) is 0 Å². The highest BCUT2D eigenvalue weighted by atomic mass is 16.5. The summed E-state index contributed by atoms with van der Waals surface area (Å²) < 4.78 is 5.32. The highest BCUT2D eigenvalue weighted by Gasteiger charge is 2.11. The second-order valence-electron chi connectivity index (χ2n) is 3.25. The number of carbonyl (C=O) groups is 1. The lowest BCUT2D eigenvalue weighted by molar-refractivity contribution is -0.123. The van der Waals surface area contributed by atoms with Crippen LogP contribution in [0.2, 0.25) is 0 Å². The zero-order valence-electron chi connectivity index (χ0n) is 8.65. The van der Waals surface area contributed by atoms with Gasteiger partial charge >= 0.3 is 0 Å². The van der Waals surface area contributed by atoms with E-state index in [0.717, 1.165) is 5.56 Å². The smallest absolute Gasteiger partial charge is 0.258 e. The van der Waals surface area contributed by atoms with Crippen LogP contribution in [0.15, 0.2) is 18.2 Å². The molecule has 1 rings (SSSR count). The Morgan fingerprint density at radius 2 is 2.27 bits per heavy atom. The predicted octanol–water partition coefficient (Wildman–Crippen LogP) is 1.12. The molecule has 1 unspecified atom stereocenters. The zero-order chi connectivity index (χ0) is 11.4. The molecule has 0 radical (unpaired) electrons. The summed E-state index contributed by atoms with van der Waals surface area (Å²) >= 11 is 0. The second kappa shape index (κ2) is 4.47. The lowest BCUT2D eigenvalue weighted by Crippen LogP contribution is -2.30. The van der Waals surface area contributed by atoms with Crippen LogP contribution in [0.3, 0.4) is 0 Å². The summed E-state index contributed by atoms with van der Waals surface area (Å²) in [6.07, 6.45) is -0.697. The number of hydrogen-bond acceptors (Lipinski definition) is 3. The molecule has 1 atom stereocenters. The topological polar surface area (TPSA) is 76.1 Å². The summed E-state index contributed by atoms with van der Waals surface area (Å²) in [6.45, 7) is 3.41. The molecular weight excluding hydrogens is 192 g/mol. The number of benzene rings is 1. The van der Waals surface area contributed by atoms with E-state index in [9.17, 15) is 4.79 Å². The predicted molar refractivity (Wildman–Crippen MR) is 55.2 cm³/mol. The molecule has 4 nitrogen and oxygen atoms in total. The van der Waals surface area contributed by atoms with Gasteiger partial charge in [0.15, 0.2) is 6.10 Å². The number of nitrogens with zero attached hydrogens (tertiary/aromatic N) is 1. The molecule has 0 fully saturated rings. The summed E-state index contributed by atoms with van der Waals surface area (Å²) in [4.78, 5) is 10.8. The first-order valence-electron chi connectivity index (χ1n) is 4.51. The maximum absolute atomic E-state index is 10.8. The first-order chi connectivity index (χ1) is 7.04. The quantitative estimate of drug-likeness (QED) is 0.801. The van der Waals surface area contributed by atoms with Crippen molar-refractivity contribution in [1.29, 1.82) is 5.26 Å². The molecule has 0 spiro atoms. The molecule has 0 bridgehead atoms. The third kappa shape index (κ3) is 2.71. The normalized spacial score (nSPS) is 11.5. The fourth-order valence-electron chi connectivity index (χ4n) is 1.05. The van der Waals surface area contributed by atoms with Crippen molar-refractivity contribution in [3.63, 3.8) is 0 Å². The fourth-order valence-corrected chi connectivity index (χ4v) is 1.05. The molecule has 0 heterocycles. The summed E-state index contributed by atoms with van der Waals surface area (Å²) in [5.41, 5.74) is 6.43. The summed E-state index contributed by atoms with van der Waals surface area (Å²) in [6, 6.07) is 7.05. The standard InChI is InChI=1S/C11H12N2O2/c1-7-3-4-9(6-12)5-10(7)15-8(2)11(13)14/h3-5,8H,1-2H3,(H2,13,14). The van der Waals surface area contributed by atoms with Gasteiger partial charge in [-0.1, -0.05) is 6.07 Å². The Kier molecular flexibility index (Phi) is 3.29. The number of nitriles is 1. The van der Waals surface area contributed by atoms with Crippen LogP contribution in [-0.4, -0.2) is 12.0 Å². The molecule has 1 aromatic rings. The van der Waals surface area contributed by atoms with Gasteiger partial charge in [-0.15, -0.1) is 0 Å². The van der Waals surface area contributed by atoms with Crippen LogP contribution in [0.5, 0.6) is 5.75 Å². The van der Waals surface area contributed by atoms with Gasteiger partial charge in [-0.25, -0.2) is 0 Å². The number of rotatable bonds is 3. The average molecular weight is 204 g/mol. The highest BCUT2D eigenvalue weighted by molar-refractivity contribution is 5.78. The Balaban J connectivity index is 2.94. The molecule has 0 saturated heterocycles. The van der Waals surface area contributed by atoms with Gasteiger partial charge in [-0.05, 0) is 31.5 Å². The molecule has 15 heavy (non-hydrogen) atoms. The van der Waals surface area contributed by atoms with E-state index in [1.54, 1.807) is 25.1 Å². The van der Waals surface area contributed by atoms with Crippen molar-refractivity contribution in [2.45, 2.75) is 20.0 Å². The molecule has 2 N–H and O–H groups in total. The number of aryl methyl sites for hydroxylation is 1. The summed E-state index contributed by atoms with van der Waals surface area (Å²) in [5, 5.41) is 8.70. The first kappa shape index (κ1) is 11.1. The van der Waals surface area contributed by atoms with Crippen LogP contribution in [0.1, 0.15) is 18.1 Å². The van der Waals surface area contributed by atoms with Crippen LogP contribution >= 0.6 is 0 Å². The van der Waals surface area contributed by atoms with Crippen molar-refractivity contribution in [3.8, 4) is 11.8 Å². The van der Waals surface area contributed by atoms with E-state index in [1.807, 2.05) is 13.0 Å². The number of hydrogen-bond donors (Lipinski definition) is 1. The van der Waals surface area contributed by atoms with Crippen molar-refractivity contribution < 1.29 is 9.53 Å². The van der Waals surface area contributed by atoms with Gasteiger partial charge in [0.2, 0.25) is 0 Å². The van der Waals surface area contributed by atoms with E-state index in [0.29, 0.717) is 11.3 Å². The van der Waals surface area contributed by atoms with Crippen LogP contribution < -0.4 is 10.5 Å². The van der Waals surface area contributed by atoms with E-state index in [1.165, 1.54) is 0 Å². The molecule has 1 aromatic carbocycles. The number of ether oxygens (including phenoxy) is 1. The molecule has 0 aliphatic carbocycles. The number of nitrogens with two attached hydrogens (primary N) is 1. The Labute approximate surface area is 88.3 Å². The lowest BCUT2D eigenvalue weighted by Gasteiger charge is -2.13. The van der Waals surface area contributed by atoms with E-state index in [4.69, 9.17) is 15.7 Å². The molecule has 4 heteroatoms. The van der Waals surface area contributed by atoms with Crippen LogP contribution in [0, 0.1) is 18.3 Å². The van der Waals surface area contributed by atoms with Crippen molar-refractivity contribution in [2.75, 3.05) is 0 Å². The molecule has 0 aliphatic rings. The van der Waals surface area contributed by atoms with Gasteiger partial charge in [0.1, 0.15) is 5.75 Å². The van der Waals surface area contributed by atoms with Gasteiger partial charge in [-0.3, -0.25) is 4.79 Å². The van der Waals surface area contributed by atoms with Crippen molar-refractivity contribution in [2.24, 2.45) is 5.73 Å². The number of primary amides is 1. The van der Waals surface area contributed by atoms with Crippen molar-refractivity contribution in [3.05, 3.63) is 29.3 Å². The minimum Gasteiger partial charge on any atom is -0.481 e. The van der Waals surface area contributed by atoms with Gasteiger partial charge in [-0.2, -0.15) is 5.26 Å². The largest absolute Gasteiger partial charge is 0.481 e. The molecule has 0 saturated carbocycles. The maximum atomic E-state index is 10.8. The first-order valence-corrected chi connectivity index (χ1v) is 4.51. The number of amides is 1. The molecule has 0 aliphatic heterocycles. The molecule has 78 valence electrons.